The monoisotopic (exact) mass is 262 g/mol. The Morgan fingerprint density at radius 2 is 1.68 bits per heavy atom. The van der Waals surface area contributed by atoms with E-state index in [0.717, 1.165) is 11.3 Å². The standard InChI is InChI=1S/C14H23BN2O2/c1-10(2)17-12-8-7-11(9-16-12)15-18-13(3,4)14(5,6)19-15/h7-10H,1-6H3,(H,16,17). The molecule has 0 amide bonds. The fraction of sp³-hybridized carbons (Fsp3) is 0.643. The van der Waals surface area contributed by atoms with Crippen molar-refractivity contribution in [2.24, 2.45) is 0 Å². The predicted molar refractivity (Wildman–Crippen MR) is 78.7 cm³/mol. The molecule has 0 radical (unpaired) electrons. The molecule has 1 aromatic heterocycles. The molecule has 0 bridgehead atoms. The van der Waals surface area contributed by atoms with Gasteiger partial charge in [0.1, 0.15) is 5.82 Å². The number of rotatable bonds is 3. The minimum atomic E-state index is -0.342. The fourth-order valence-electron chi connectivity index (χ4n) is 1.91. The van der Waals surface area contributed by atoms with Crippen LogP contribution in [-0.4, -0.2) is 29.3 Å². The van der Waals surface area contributed by atoms with Crippen LogP contribution in [-0.2, 0) is 9.31 Å². The smallest absolute Gasteiger partial charge is 0.399 e. The molecule has 1 aliphatic rings. The van der Waals surface area contributed by atoms with E-state index in [-0.39, 0.29) is 18.3 Å². The lowest BCUT2D eigenvalue weighted by molar-refractivity contribution is 0.00578. The Morgan fingerprint density at radius 1 is 1.11 bits per heavy atom. The van der Waals surface area contributed by atoms with Crippen LogP contribution in [0.4, 0.5) is 5.82 Å². The van der Waals surface area contributed by atoms with Crippen molar-refractivity contribution < 1.29 is 9.31 Å². The molecular formula is C14H23BN2O2. The third-order valence-electron chi connectivity index (χ3n) is 3.75. The maximum Gasteiger partial charge on any atom is 0.496 e. The highest BCUT2D eigenvalue weighted by Gasteiger charge is 2.51. The van der Waals surface area contributed by atoms with Gasteiger partial charge >= 0.3 is 7.12 Å². The highest BCUT2D eigenvalue weighted by Crippen LogP contribution is 2.36. The van der Waals surface area contributed by atoms with E-state index in [1.807, 2.05) is 18.3 Å². The highest BCUT2D eigenvalue weighted by molar-refractivity contribution is 6.62. The van der Waals surface area contributed by atoms with Crippen molar-refractivity contribution in [3.63, 3.8) is 0 Å². The Kier molecular flexibility index (Phi) is 3.62. The molecule has 1 aliphatic heterocycles. The van der Waals surface area contributed by atoms with Gasteiger partial charge in [0.15, 0.2) is 0 Å². The van der Waals surface area contributed by atoms with Crippen molar-refractivity contribution in [2.75, 3.05) is 5.32 Å². The van der Waals surface area contributed by atoms with Crippen LogP contribution in [0.15, 0.2) is 18.3 Å². The van der Waals surface area contributed by atoms with Crippen LogP contribution in [0.25, 0.3) is 0 Å². The lowest BCUT2D eigenvalue weighted by Gasteiger charge is -2.32. The first-order valence-corrected chi connectivity index (χ1v) is 6.79. The maximum atomic E-state index is 5.99. The summed E-state index contributed by atoms with van der Waals surface area (Å²) in [4.78, 5) is 4.39. The minimum Gasteiger partial charge on any atom is -0.399 e. The molecule has 0 atom stereocenters. The summed E-state index contributed by atoms with van der Waals surface area (Å²) < 4.78 is 12.0. The van der Waals surface area contributed by atoms with E-state index in [0.29, 0.717) is 6.04 Å². The third-order valence-corrected chi connectivity index (χ3v) is 3.75. The molecule has 1 N–H and O–H groups in total. The molecule has 0 saturated carbocycles. The largest absolute Gasteiger partial charge is 0.496 e. The summed E-state index contributed by atoms with van der Waals surface area (Å²) in [7, 11) is -0.342. The quantitative estimate of drug-likeness (QED) is 0.848. The lowest BCUT2D eigenvalue weighted by Crippen LogP contribution is -2.41. The Balaban J connectivity index is 2.12. The molecule has 0 unspecified atom stereocenters. The first kappa shape index (κ1) is 14.3. The van der Waals surface area contributed by atoms with Gasteiger partial charge in [-0.05, 0) is 47.6 Å². The zero-order valence-corrected chi connectivity index (χ0v) is 12.7. The zero-order chi connectivity index (χ0) is 14.3. The molecule has 0 spiro atoms. The van der Waals surface area contributed by atoms with Crippen LogP contribution in [0, 0.1) is 0 Å². The van der Waals surface area contributed by atoms with Gasteiger partial charge in [-0.25, -0.2) is 4.98 Å². The molecule has 2 rings (SSSR count). The van der Waals surface area contributed by atoms with E-state index in [2.05, 4.69) is 51.8 Å². The summed E-state index contributed by atoms with van der Waals surface area (Å²) >= 11 is 0. The molecule has 1 fully saturated rings. The van der Waals surface area contributed by atoms with Crippen molar-refractivity contribution in [3.8, 4) is 0 Å². The number of nitrogens with zero attached hydrogens (tertiary/aromatic N) is 1. The van der Waals surface area contributed by atoms with Gasteiger partial charge in [-0.3, -0.25) is 0 Å². The molecule has 19 heavy (non-hydrogen) atoms. The van der Waals surface area contributed by atoms with E-state index in [9.17, 15) is 0 Å². The maximum absolute atomic E-state index is 5.99. The number of hydrogen-bond donors (Lipinski definition) is 1. The summed E-state index contributed by atoms with van der Waals surface area (Å²) in [6.45, 7) is 12.4. The van der Waals surface area contributed by atoms with E-state index in [1.165, 1.54) is 0 Å². The first-order valence-electron chi connectivity index (χ1n) is 6.79. The third kappa shape index (κ3) is 2.93. The summed E-state index contributed by atoms with van der Waals surface area (Å²) in [5.41, 5.74) is 0.326. The Morgan fingerprint density at radius 3 is 2.11 bits per heavy atom. The zero-order valence-electron chi connectivity index (χ0n) is 12.7. The molecule has 2 heterocycles. The average Bonchev–Trinajstić information content (AvgIpc) is 2.48. The van der Waals surface area contributed by atoms with Gasteiger partial charge in [0.2, 0.25) is 0 Å². The van der Waals surface area contributed by atoms with Crippen LogP contribution in [0.1, 0.15) is 41.5 Å². The SMILES string of the molecule is CC(C)Nc1ccc(B2OC(C)(C)C(C)(C)O2)cn1. The van der Waals surface area contributed by atoms with Crippen molar-refractivity contribution in [3.05, 3.63) is 18.3 Å². The Bertz CT molecular complexity index is 427. The number of aromatic nitrogens is 1. The van der Waals surface area contributed by atoms with Crippen LogP contribution in [0.5, 0.6) is 0 Å². The second kappa shape index (κ2) is 4.80. The average molecular weight is 262 g/mol. The number of pyridine rings is 1. The van der Waals surface area contributed by atoms with Gasteiger partial charge in [-0.15, -0.1) is 0 Å². The minimum absolute atomic E-state index is 0.313. The Hall–Kier alpha value is -1.07. The molecule has 1 aromatic rings. The summed E-state index contributed by atoms with van der Waals surface area (Å²) in [6, 6.07) is 4.33. The number of anilines is 1. The molecule has 0 aromatic carbocycles. The molecule has 1 saturated heterocycles. The second-order valence-electron chi connectivity index (χ2n) is 6.36. The number of nitrogens with one attached hydrogen (secondary N) is 1. The molecule has 104 valence electrons. The van der Waals surface area contributed by atoms with Gasteiger partial charge in [0.05, 0.1) is 11.2 Å². The fourth-order valence-corrected chi connectivity index (χ4v) is 1.91. The van der Waals surface area contributed by atoms with Crippen molar-refractivity contribution in [1.29, 1.82) is 0 Å². The van der Waals surface area contributed by atoms with Gasteiger partial charge < -0.3 is 14.6 Å². The van der Waals surface area contributed by atoms with Crippen molar-refractivity contribution >= 4 is 18.4 Å². The van der Waals surface area contributed by atoms with Gasteiger partial charge in [0, 0.05) is 17.7 Å². The summed E-state index contributed by atoms with van der Waals surface area (Å²) in [5, 5.41) is 3.26. The highest BCUT2D eigenvalue weighted by atomic mass is 16.7. The van der Waals surface area contributed by atoms with E-state index < -0.39 is 0 Å². The normalized spacial score (nSPS) is 20.9. The molecule has 0 aliphatic carbocycles. The Labute approximate surface area is 116 Å². The van der Waals surface area contributed by atoms with Gasteiger partial charge in [0.25, 0.3) is 0 Å². The van der Waals surface area contributed by atoms with Crippen molar-refractivity contribution in [1.82, 2.24) is 4.98 Å². The number of hydrogen-bond acceptors (Lipinski definition) is 4. The van der Waals surface area contributed by atoms with Crippen LogP contribution < -0.4 is 10.8 Å². The van der Waals surface area contributed by atoms with E-state index in [1.54, 1.807) is 0 Å². The lowest BCUT2D eigenvalue weighted by atomic mass is 9.80. The van der Waals surface area contributed by atoms with E-state index >= 15 is 0 Å². The summed E-state index contributed by atoms with van der Waals surface area (Å²) in [6.07, 6.45) is 1.81. The first-order chi connectivity index (χ1) is 8.71. The molecular weight excluding hydrogens is 239 g/mol. The predicted octanol–water partition coefficient (Wildman–Crippen LogP) is 2.20. The van der Waals surface area contributed by atoms with Crippen LogP contribution in [0.2, 0.25) is 0 Å². The second-order valence-corrected chi connectivity index (χ2v) is 6.36. The van der Waals surface area contributed by atoms with Crippen molar-refractivity contribution in [2.45, 2.75) is 58.8 Å². The van der Waals surface area contributed by atoms with Gasteiger partial charge in [-0.1, -0.05) is 6.07 Å². The van der Waals surface area contributed by atoms with Gasteiger partial charge in [-0.2, -0.15) is 0 Å². The van der Waals surface area contributed by atoms with Crippen LogP contribution >= 0.6 is 0 Å². The molecule has 4 nitrogen and oxygen atoms in total. The molecule has 5 heteroatoms. The van der Waals surface area contributed by atoms with Crippen LogP contribution in [0.3, 0.4) is 0 Å². The van der Waals surface area contributed by atoms with E-state index in [4.69, 9.17) is 9.31 Å². The topological polar surface area (TPSA) is 43.4 Å². The summed E-state index contributed by atoms with van der Waals surface area (Å²) in [5.74, 6) is 0.871.